The van der Waals surface area contributed by atoms with E-state index in [-0.39, 0.29) is 41.4 Å². The molecule has 3 aliphatic rings. The van der Waals surface area contributed by atoms with Crippen LogP contribution in [0.2, 0.25) is 0 Å². The Labute approximate surface area is 192 Å². The van der Waals surface area contributed by atoms with Crippen LogP contribution in [-0.2, 0) is 33.2 Å². The Hall–Kier alpha value is -1.03. The first kappa shape index (κ1) is 25.6. The molecule has 2 saturated heterocycles. The standard InChI is InChI=1S/C24H41NO7/c1-17(2)7-8-19-23(3,32-19)22-21(27-4)18(9-10-24(22)16-30-24)31-20(26)6-5-12-28-14-15-29-13-11-25/h7,18-19,21-22H,5-6,8-16,25H2,1-4H3/t18?,19-,21?,22?,23+,24+/m1/s1. The summed E-state index contributed by atoms with van der Waals surface area (Å²) in [5, 5.41) is 0. The van der Waals surface area contributed by atoms with Crippen LogP contribution in [0.1, 0.15) is 52.9 Å². The van der Waals surface area contributed by atoms with Crippen molar-refractivity contribution in [2.45, 2.75) is 82.4 Å². The first-order valence-corrected chi connectivity index (χ1v) is 11.9. The number of methoxy groups -OCH3 is 1. The maximum Gasteiger partial charge on any atom is 0.306 e. The molecule has 32 heavy (non-hydrogen) atoms. The van der Waals surface area contributed by atoms with E-state index in [1.165, 1.54) is 5.57 Å². The monoisotopic (exact) mass is 455 g/mol. The molecule has 0 aromatic heterocycles. The Morgan fingerprint density at radius 2 is 1.91 bits per heavy atom. The van der Waals surface area contributed by atoms with Gasteiger partial charge in [-0.3, -0.25) is 4.79 Å². The van der Waals surface area contributed by atoms with Crippen LogP contribution in [0.4, 0.5) is 0 Å². The van der Waals surface area contributed by atoms with Gasteiger partial charge in [-0.25, -0.2) is 0 Å². The molecule has 1 aliphatic carbocycles. The Bertz CT molecular complexity index is 646. The summed E-state index contributed by atoms with van der Waals surface area (Å²) in [6.45, 7) is 9.61. The van der Waals surface area contributed by atoms with Crippen molar-refractivity contribution in [1.29, 1.82) is 0 Å². The van der Waals surface area contributed by atoms with E-state index in [0.29, 0.717) is 45.8 Å². The molecular weight excluding hydrogens is 414 g/mol. The zero-order valence-electron chi connectivity index (χ0n) is 20.1. The van der Waals surface area contributed by atoms with Crippen molar-refractivity contribution in [1.82, 2.24) is 0 Å². The summed E-state index contributed by atoms with van der Waals surface area (Å²) in [7, 11) is 1.69. The average molecular weight is 456 g/mol. The van der Waals surface area contributed by atoms with E-state index >= 15 is 0 Å². The van der Waals surface area contributed by atoms with Gasteiger partial charge in [0.15, 0.2) is 0 Å². The summed E-state index contributed by atoms with van der Waals surface area (Å²) < 4.78 is 34.7. The molecule has 3 rings (SSSR count). The predicted molar refractivity (Wildman–Crippen MR) is 119 cm³/mol. The lowest BCUT2D eigenvalue weighted by atomic mass is 9.68. The van der Waals surface area contributed by atoms with Gasteiger partial charge in [-0.1, -0.05) is 11.6 Å². The normalized spacial score (nSPS) is 35.5. The first-order valence-electron chi connectivity index (χ1n) is 11.9. The zero-order valence-corrected chi connectivity index (χ0v) is 20.1. The summed E-state index contributed by atoms with van der Waals surface area (Å²) in [6.07, 6.45) is 5.23. The number of carbonyl (C=O) groups is 1. The van der Waals surface area contributed by atoms with Gasteiger partial charge in [-0.15, -0.1) is 0 Å². The highest BCUT2D eigenvalue weighted by Crippen LogP contribution is 2.59. The zero-order chi connectivity index (χ0) is 23.2. The topological polar surface area (TPSA) is 105 Å². The van der Waals surface area contributed by atoms with Crippen molar-refractivity contribution in [3.8, 4) is 0 Å². The van der Waals surface area contributed by atoms with Crippen LogP contribution in [0.15, 0.2) is 11.6 Å². The van der Waals surface area contributed by atoms with Crippen LogP contribution >= 0.6 is 0 Å². The van der Waals surface area contributed by atoms with Gasteiger partial charge in [0, 0.05) is 26.7 Å². The fourth-order valence-corrected chi connectivity index (χ4v) is 5.02. The third-order valence-electron chi connectivity index (χ3n) is 6.82. The maximum atomic E-state index is 12.5. The fourth-order valence-electron chi connectivity index (χ4n) is 5.02. The van der Waals surface area contributed by atoms with E-state index in [1.54, 1.807) is 7.11 Å². The van der Waals surface area contributed by atoms with E-state index in [4.69, 9.17) is 34.2 Å². The van der Waals surface area contributed by atoms with E-state index in [0.717, 1.165) is 25.9 Å². The fraction of sp³-hybridized carbons (Fsp3) is 0.875. The number of ether oxygens (including phenoxy) is 6. The molecule has 2 N–H and O–H groups in total. The average Bonchev–Trinajstić information content (AvgIpc) is 3.67. The van der Waals surface area contributed by atoms with Crippen LogP contribution in [-0.4, -0.2) is 82.2 Å². The summed E-state index contributed by atoms with van der Waals surface area (Å²) >= 11 is 0. The highest BCUT2D eigenvalue weighted by atomic mass is 16.6. The molecular formula is C24H41NO7. The third kappa shape index (κ3) is 6.30. The highest BCUT2D eigenvalue weighted by molar-refractivity contribution is 5.69. The van der Waals surface area contributed by atoms with E-state index < -0.39 is 0 Å². The molecule has 184 valence electrons. The van der Waals surface area contributed by atoms with Gasteiger partial charge in [-0.05, 0) is 46.5 Å². The van der Waals surface area contributed by atoms with Crippen LogP contribution in [0.25, 0.3) is 0 Å². The molecule has 3 unspecified atom stereocenters. The molecule has 0 aromatic carbocycles. The van der Waals surface area contributed by atoms with E-state index in [9.17, 15) is 4.79 Å². The van der Waals surface area contributed by atoms with E-state index in [2.05, 4.69) is 26.8 Å². The summed E-state index contributed by atoms with van der Waals surface area (Å²) in [5.41, 5.74) is 6.11. The lowest BCUT2D eigenvalue weighted by Gasteiger charge is -2.42. The van der Waals surface area contributed by atoms with Crippen LogP contribution in [0, 0.1) is 5.92 Å². The number of esters is 1. The molecule has 0 radical (unpaired) electrons. The SMILES string of the molecule is COC1C(OC(=O)CCCOCCOCCN)CC[C@]2(CO2)C1[C@@]1(C)O[C@@H]1CC=C(C)C. The molecule has 0 aromatic rings. The minimum atomic E-state index is -0.325. The molecule has 0 amide bonds. The second kappa shape index (κ2) is 11.4. The Kier molecular flexibility index (Phi) is 9.12. The minimum Gasteiger partial charge on any atom is -0.460 e. The third-order valence-corrected chi connectivity index (χ3v) is 6.82. The molecule has 0 bridgehead atoms. The summed E-state index contributed by atoms with van der Waals surface area (Å²) in [4.78, 5) is 12.5. The van der Waals surface area contributed by atoms with Crippen LogP contribution in [0.3, 0.4) is 0 Å². The molecule has 8 heteroatoms. The predicted octanol–water partition coefficient (Wildman–Crippen LogP) is 2.38. The second-order valence-electron chi connectivity index (χ2n) is 9.52. The Balaban J connectivity index is 1.48. The lowest BCUT2D eigenvalue weighted by molar-refractivity contribution is -0.172. The second-order valence-corrected chi connectivity index (χ2v) is 9.52. The number of hydrogen-bond acceptors (Lipinski definition) is 8. The lowest BCUT2D eigenvalue weighted by Crippen LogP contribution is -2.55. The number of hydrogen-bond donors (Lipinski definition) is 1. The number of nitrogens with two attached hydrogens (primary N) is 1. The number of rotatable bonds is 14. The molecule has 1 spiro atoms. The Morgan fingerprint density at radius 1 is 1.19 bits per heavy atom. The number of carbonyl (C=O) groups excluding carboxylic acids is 1. The minimum absolute atomic E-state index is 0.0407. The van der Waals surface area contributed by atoms with Crippen molar-refractivity contribution in [3.05, 3.63) is 11.6 Å². The van der Waals surface area contributed by atoms with Gasteiger partial charge in [0.05, 0.1) is 38.4 Å². The molecule has 3 fully saturated rings. The molecule has 1 saturated carbocycles. The molecule has 6 atom stereocenters. The van der Waals surface area contributed by atoms with Crippen LogP contribution < -0.4 is 5.73 Å². The van der Waals surface area contributed by atoms with Crippen molar-refractivity contribution < 1.29 is 33.2 Å². The molecule has 2 aliphatic heterocycles. The largest absolute Gasteiger partial charge is 0.460 e. The number of epoxide rings is 2. The van der Waals surface area contributed by atoms with E-state index in [1.807, 2.05) is 0 Å². The van der Waals surface area contributed by atoms with Crippen molar-refractivity contribution in [3.63, 3.8) is 0 Å². The first-order chi connectivity index (χ1) is 15.4. The van der Waals surface area contributed by atoms with Gasteiger partial charge in [0.1, 0.15) is 23.4 Å². The van der Waals surface area contributed by atoms with Gasteiger partial charge in [-0.2, -0.15) is 0 Å². The number of allylic oxidation sites excluding steroid dienone is 1. The van der Waals surface area contributed by atoms with Crippen molar-refractivity contribution >= 4 is 5.97 Å². The van der Waals surface area contributed by atoms with Gasteiger partial charge in [0.2, 0.25) is 0 Å². The quantitative estimate of drug-likeness (QED) is 0.184. The van der Waals surface area contributed by atoms with Gasteiger partial charge >= 0.3 is 5.97 Å². The van der Waals surface area contributed by atoms with Gasteiger partial charge in [0.25, 0.3) is 0 Å². The molecule has 2 heterocycles. The maximum absolute atomic E-state index is 12.5. The summed E-state index contributed by atoms with van der Waals surface area (Å²) in [5.74, 6) is -0.173. The smallest absolute Gasteiger partial charge is 0.306 e. The van der Waals surface area contributed by atoms with Gasteiger partial charge < -0.3 is 34.2 Å². The van der Waals surface area contributed by atoms with Crippen molar-refractivity contribution in [2.24, 2.45) is 11.7 Å². The summed E-state index contributed by atoms with van der Waals surface area (Å²) in [6, 6.07) is 0. The Morgan fingerprint density at radius 3 is 2.53 bits per heavy atom. The van der Waals surface area contributed by atoms with Crippen LogP contribution in [0.5, 0.6) is 0 Å². The molecule has 8 nitrogen and oxygen atoms in total. The highest BCUT2D eigenvalue weighted by Gasteiger charge is 2.72. The van der Waals surface area contributed by atoms with Crippen molar-refractivity contribution in [2.75, 3.05) is 46.7 Å².